The maximum absolute atomic E-state index is 5.73. The molecule has 0 spiro atoms. The predicted molar refractivity (Wildman–Crippen MR) is 86.3 cm³/mol. The second-order valence-corrected chi connectivity index (χ2v) is 6.84. The zero-order valence-corrected chi connectivity index (χ0v) is 13.1. The SMILES string of the molecule is Nc1ncc(CN2CCCC2c2ccc3c(c2)OCCO3)s1. The van der Waals surface area contributed by atoms with Crippen molar-refractivity contribution < 1.29 is 9.47 Å². The molecule has 116 valence electrons. The molecule has 22 heavy (non-hydrogen) atoms. The van der Waals surface area contributed by atoms with Gasteiger partial charge in [0.05, 0.1) is 0 Å². The number of hydrogen-bond acceptors (Lipinski definition) is 6. The van der Waals surface area contributed by atoms with E-state index in [4.69, 9.17) is 15.2 Å². The fraction of sp³-hybridized carbons (Fsp3) is 0.438. The fourth-order valence-corrected chi connectivity index (χ4v) is 3.97. The molecule has 0 bridgehead atoms. The number of nitrogens with two attached hydrogens (primary N) is 1. The van der Waals surface area contributed by atoms with Crippen molar-refractivity contribution in [3.63, 3.8) is 0 Å². The van der Waals surface area contributed by atoms with E-state index >= 15 is 0 Å². The molecular weight excluding hydrogens is 298 g/mol. The van der Waals surface area contributed by atoms with Crippen LogP contribution < -0.4 is 15.2 Å². The molecule has 0 radical (unpaired) electrons. The number of likely N-dealkylation sites (tertiary alicyclic amines) is 1. The average Bonchev–Trinajstić information content (AvgIpc) is 3.16. The number of nitrogen functional groups attached to an aromatic ring is 1. The fourth-order valence-electron chi connectivity index (χ4n) is 3.26. The van der Waals surface area contributed by atoms with Crippen molar-refractivity contribution in [1.82, 2.24) is 9.88 Å². The number of ether oxygens (including phenoxy) is 2. The van der Waals surface area contributed by atoms with Gasteiger partial charge in [0, 0.05) is 23.7 Å². The molecule has 1 atom stereocenters. The summed E-state index contributed by atoms with van der Waals surface area (Å²) in [7, 11) is 0. The number of anilines is 1. The largest absolute Gasteiger partial charge is 0.486 e. The van der Waals surface area contributed by atoms with Crippen molar-refractivity contribution >= 4 is 16.5 Å². The van der Waals surface area contributed by atoms with E-state index in [1.54, 1.807) is 11.3 Å². The molecule has 0 amide bonds. The second kappa shape index (κ2) is 5.78. The Morgan fingerprint density at radius 2 is 2.14 bits per heavy atom. The highest BCUT2D eigenvalue weighted by Crippen LogP contribution is 2.38. The molecule has 6 heteroatoms. The van der Waals surface area contributed by atoms with E-state index in [0.29, 0.717) is 24.4 Å². The summed E-state index contributed by atoms with van der Waals surface area (Å²) in [5, 5.41) is 0.644. The highest BCUT2D eigenvalue weighted by atomic mass is 32.1. The maximum atomic E-state index is 5.73. The number of benzene rings is 1. The lowest BCUT2D eigenvalue weighted by Crippen LogP contribution is -2.22. The summed E-state index contributed by atoms with van der Waals surface area (Å²) in [5.41, 5.74) is 7.04. The predicted octanol–water partition coefficient (Wildman–Crippen LogP) is 2.83. The molecule has 1 saturated heterocycles. The van der Waals surface area contributed by atoms with Crippen LogP contribution in [0, 0.1) is 0 Å². The van der Waals surface area contributed by atoms with Crippen LogP contribution in [0.4, 0.5) is 5.13 Å². The minimum absolute atomic E-state index is 0.430. The van der Waals surface area contributed by atoms with Gasteiger partial charge in [-0.15, -0.1) is 11.3 Å². The van der Waals surface area contributed by atoms with Gasteiger partial charge in [0.25, 0.3) is 0 Å². The lowest BCUT2D eigenvalue weighted by atomic mass is 10.0. The third kappa shape index (κ3) is 2.64. The van der Waals surface area contributed by atoms with E-state index < -0.39 is 0 Å². The van der Waals surface area contributed by atoms with Gasteiger partial charge in [0.15, 0.2) is 16.6 Å². The maximum Gasteiger partial charge on any atom is 0.180 e. The second-order valence-electron chi connectivity index (χ2n) is 5.70. The average molecular weight is 317 g/mol. The lowest BCUT2D eigenvalue weighted by molar-refractivity contribution is 0.170. The standard InChI is InChI=1S/C16H19N3O2S/c17-16-18-9-12(22-16)10-19-5-1-2-13(19)11-3-4-14-15(8-11)21-7-6-20-14/h3-4,8-9,13H,1-2,5-7,10H2,(H2,17,18). The summed E-state index contributed by atoms with van der Waals surface area (Å²) in [4.78, 5) is 7.87. The monoisotopic (exact) mass is 317 g/mol. The topological polar surface area (TPSA) is 60.6 Å². The lowest BCUT2D eigenvalue weighted by Gasteiger charge is -2.26. The first-order chi connectivity index (χ1) is 10.8. The Balaban J connectivity index is 1.55. The summed E-state index contributed by atoms with van der Waals surface area (Å²) >= 11 is 1.57. The van der Waals surface area contributed by atoms with Crippen LogP contribution in [0.25, 0.3) is 0 Å². The molecule has 3 heterocycles. The smallest absolute Gasteiger partial charge is 0.180 e. The molecule has 2 aliphatic heterocycles. The number of nitrogens with zero attached hydrogens (tertiary/aromatic N) is 2. The molecule has 1 unspecified atom stereocenters. The quantitative estimate of drug-likeness (QED) is 0.943. The van der Waals surface area contributed by atoms with Crippen molar-refractivity contribution in [2.24, 2.45) is 0 Å². The van der Waals surface area contributed by atoms with Gasteiger partial charge in [-0.2, -0.15) is 0 Å². The van der Waals surface area contributed by atoms with E-state index in [9.17, 15) is 0 Å². The highest BCUT2D eigenvalue weighted by molar-refractivity contribution is 7.15. The van der Waals surface area contributed by atoms with E-state index in [1.165, 1.54) is 23.3 Å². The summed E-state index contributed by atoms with van der Waals surface area (Å²) in [5.74, 6) is 1.73. The summed E-state index contributed by atoms with van der Waals surface area (Å²) < 4.78 is 11.3. The van der Waals surface area contributed by atoms with Gasteiger partial charge < -0.3 is 15.2 Å². The molecule has 1 fully saturated rings. The van der Waals surface area contributed by atoms with Gasteiger partial charge in [0.1, 0.15) is 13.2 Å². The molecule has 4 rings (SSSR count). The molecule has 0 saturated carbocycles. The minimum Gasteiger partial charge on any atom is -0.486 e. The summed E-state index contributed by atoms with van der Waals surface area (Å²) in [6.07, 6.45) is 4.28. The van der Waals surface area contributed by atoms with E-state index in [-0.39, 0.29) is 0 Å². The Morgan fingerprint density at radius 1 is 1.27 bits per heavy atom. The van der Waals surface area contributed by atoms with Crippen molar-refractivity contribution in [2.45, 2.75) is 25.4 Å². The Hall–Kier alpha value is -1.79. The molecule has 2 aromatic rings. The van der Waals surface area contributed by atoms with Crippen LogP contribution >= 0.6 is 11.3 Å². The van der Waals surface area contributed by atoms with Gasteiger partial charge in [-0.3, -0.25) is 4.90 Å². The third-order valence-corrected chi connectivity index (χ3v) is 5.06. The Kier molecular flexibility index (Phi) is 3.63. The van der Waals surface area contributed by atoms with Crippen LogP contribution in [0.3, 0.4) is 0 Å². The van der Waals surface area contributed by atoms with Crippen molar-refractivity contribution in [3.05, 3.63) is 34.8 Å². The normalized spacial score (nSPS) is 21.2. The number of fused-ring (bicyclic) bond motifs is 1. The highest BCUT2D eigenvalue weighted by Gasteiger charge is 2.27. The molecule has 5 nitrogen and oxygen atoms in total. The molecule has 1 aromatic carbocycles. The van der Waals surface area contributed by atoms with Gasteiger partial charge in [-0.05, 0) is 37.1 Å². The van der Waals surface area contributed by atoms with Crippen molar-refractivity contribution in [3.8, 4) is 11.5 Å². The Labute approximate surface area is 133 Å². The van der Waals surface area contributed by atoms with Crippen LogP contribution in [-0.2, 0) is 6.54 Å². The van der Waals surface area contributed by atoms with Crippen molar-refractivity contribution in [1.29, 1.82) is 0 Å². The molecular formula is C16H19N3O2S. The Morgan fingerprint density at radius 3 is 2.95 bits per heavy atom. The van der Waals surface area contributed by atoms with E-state index in [2.05, 4.69) is 22.0 Å². The van der Waals surface area contributed by atoms with Crippen molar-refractivity contribution in [2.75, 3.05) is 25.5 Å². The van der Waals surface area contributed by atoms with Gasteiger partial charge >= 0.3 is 0 Å². The van der Waals surface area contributed by atoms with E-state index in [0.717, 1.165) is 24.6 Å². The van der Waals surface area contributed by atoms with Gasteiger partial charge in [-0.25, -0.2) is 4.98 Å². The zero-order chi connectivity index (χ0) is 14.9. The van der Waals surface area contributed by atoms with Crippen LogP contribution in [0.1, 0.15) is 29.3 Å². The molecule has 2 aliphatic rings. The van der Waals surface area contributed by atoms with Crippen LogP contribution in [0.15, 0.2) is 24.4 Å². The first kappa shape index (κ1) is 13.8. The molecule has 2 N–H and O–H groups in total. The first-order valence-corrected chi connectivity index (χ1v) is 8.45. The summed E-state index contributed by atoms with van der Waals surface area (Å²) in [6, 6.07) is 6.76. The third-order valence-electron chi connectivity index (χ3n) is 4.25. The Bertz CT molecular complexity index is 673. The first-order valence-electron chi connectivity index (χ1n) is 7.63. The van der Waals surface area contributed by atoms with Crippen LogP contribution in [-0.4, -0.2) is 29.6 Å². The summed E-state index contributed by atoms with van der Waals surface area (Å²) in [6.45, 7) is 3.28. The van der Waals surface area contributed by atoms with Crippen LogP contribution in [0.5, 0.6) is 11.5 Å². The van der Waals surface area contributed by atoms with Gasteiger partial charge in [-0.1, -0.05) is 6.07 Å². The number of rotatable bonds is 3. The van der Waals surface area contributed by atoms with Crippen LogP contribution in [0.2, 0.25) is 0 Å². The van der Waals surface area contributed by atoms with E-state index in [1.807, 2.05) is 12.3 Å². The number of thiazole rings is 1. The molecule has 1 aromatic heterocycles. The number of aromatic nitrogens is 1. The zero-order valence-electron chi connectivity index (χ0n) is 12.3. The molecule has 0 aliphatic carbocycles. The van der Waals surface area contributed by atoms with Gasteiger partial charge in [0.2, 0.25) is 0 Å². The number of hydrogen-bond donors (Lipinski definition) is 1. The minimum atomic E-state index is 0.430.